The fraction of sp³-hybridized carbons (Fsp3) is 0.438. The quantitative estimate of drug-likeness (QED) is 0.688. The van der Waals surface area contributed by atoms with E-state index in [1.54, 1.807) is 12.1 Å². The maximum Gasteiger partial charge on any atom is 0.305 e. The van der Waals surface area contributed by atoms with Crippen molar-refractivity contribution in [2.24, 2.45) is 5.92 Å². The molecule has 2 aromatic rings. The van der Waals surface area contributed by atoms with Gasteiger partial charge in [-0.1, -0.05) is 30.4 Å². The third-order valence-corrected chi connectivity index (χ3v) is 5.18. The van der Waals surface area contributed by atoms with E-state index in [0.29, 0.717) is 17.8 Å². The third kappa shape index (κ3) is 3.68. The largest absolute Gasteiger partial charge is 0.312 e. The van der Waals surface area contributed by atoms with Crippen molar-refractivity contribution in [2.45, 2.75) is 26.3 Å². The summed E-state index contributed by atoms with van der Waals surface area (Å²) >= 11 is 1.20. The van der Waals surface area contributed by atoms with Crippen LogP contribution < -0.4 is 4.87 Å². The van der Waals surface area contributed by atoms with E-state index in [9.17, 15) is 14.9 Å². The number of rotatable bonds is 4. The van der Waals surface area contributed by atoms with Crippen LogP contribution in [0.2, 0.25) is 0 Å². The SMILES string of the molecule is CC1CCN(Cc2sc(=O)[nH]c2-c2cccc([N+](=O)[O-])c2)CC1. The number of nitro benzene ring substituents is 1. The Kier molecular flexibility index (Phi) is 4.58. The standard InChI is InChI=1S/C16H19N3O3S/c1-11-5-7-18(8-6-11)10-14-15(17-16(20)23-14)12-3-2-4-13(9-12)19(21)22/h2-4,9,11H,5-8,10H2,1H3,(H,17,20). The Hall–Kier alpha value is -1.99. The first kappa shape index (κ1) is 15.9. The highest BCUT2D eigenvalue weighted by Gasteiger charge is 2.19. The van der Waals surface area contributed by atoms with Gasteiger partial charge in [0.15, 0.2) is 0 Å². The molecule has 0 amide bonds. The first-order valence-electron chi connectivity index (χ1n) is 7.72. The number of hydrogen-bond acceptors (Lipinski definition) is 5. The molecular formula is C16H19N3O3S. The van der Waals surface area contributed by atoms with Gasteiger partial charge in [-0.2, -0.15) is 0 Å². The van der Waals surface area contributed by atoms with Crippen LogP contribution in [0.5, 0.6) is 0 Å². The number of nitrogens with one attached hydrogen (secondary N) is 1. The summed E-state index contributed by atoms with van der Waals surface area (Å²) in [6.45, 7) is 5.04. The number of thiazole rings is 1. The van der Waals surface area contributed by atoms with Crippen LogP contribution in [0.25, 0.3) is 11.3 Å². The lowest BCUT2D eigenvalue weighted by atomic mass is 9.99. The number of benzene rings is 1. The molecule has 1 aliphatic heterocycles. The zero-order valence-electron chi connectivity index (χ0n) is 12.9. The van der Waals surface area contributed by atoms with E-state index in [2.05, 4.69) is 16.8 Å². The van der Waals surface area contributed by atoms with E-state index >= 15 is 0 Å². The van der Waals surface area contributed by atoms with E-state index < -0.39 is 4.92 Å². The second-order valence-electron chi connectivity index (χ2n) is 6.08. The average molecular weight is 333 g/mol. The summed E-state index contributed by atoms with van der Waals surface area (Å²) in [7, 11) is 0. The van der Waals surface area contributed by atoms with Crippen molar-refractivity contribution >= 4 is 17.0 Å². The zero-order chi connectivity index (χ0) is 16.4. The van der Waals surface area contributed by atoms with Crippen molar-refractivity contribution < 1.29 is 4.92 Å². The van der Waals surface area contributed by atoms with E-state index in [1.165, 1.54) is 36.3 Å². The molecule has 122 valence electrons. The van der Waals surface area contributed by atoms with Crippen molar-refractivity contribution in [1.82, 2.24) is 9.88 Å². The second kappa shape index (κ2) is 6.64. The molecule has 0 spiro atoms. The Labute approximate surface area is 137 Å². The van der Waals surface area contributed by atoms with E-state index in [1.807, 2.05) is 0 Å². The minimum atomic E-state index is -0.417. The minimum absolute atomic E-state index is 0.0345. The molecule has 1 fully saturated rings. The number of aromatic nitrogens is 1. The van der Waals surface area contributed by atoms with Crippen LogP contribution in [0.15, 0.2) is 29.1 Å². The lowest BCUT2D eigenvalue weighted by Crippen LogP contribution is -2.32. The zero-order valence-corrected chi connectivity index (χ0v) is 13.8. The van der Waals surface area contributed by atoms with Gasteiger partial charge in [-0.05, 0) is 31.8 Å². The van der Waals surface area contributed by atoms with Gasteiger partial charge >= 0.3 is 4.87 Å². The molecule has 6 nitrogen and oxygen atoms in total. The molecule has 0 saturated carbocycles. The number of aromatic amines is 1. The van der Waals surface area contributed by atoms with Gasteiger partial charge in [0.25, 0.3) is 5.69 Å². The maximum absolute atomic E-state index is 11.8. The van der Waals surface area contributed by atoms with Crippen molar-refractivity contribution in [1.29, 1.82) is 0 Å². The highest BCUT2D eigenvalue weighted by Crippen LogP contribution is 2.28. The molecule has 1 aromatic heterocycles. The first-order chi connectivity index (χ1) is 11.0. The van der Waals surface area contributed by atoms with Crippen LogP contribution in [0, 0.1) is 16.0 Å². The van der Waals surface area contributed by atoms with Crippen molar-refractivity contribution in [3.8, 4) is 11.3 Å². The van der Waals surface area contributed by atoms with Crippen molar-refractivity contribution in [3.63, 3.8) is 0 Å². The number of non-ortho nitro benzene ring substituents is 1. The van der Waals surface area contributed by atoms with Gasteiger partial charge in [-0.15, -0.1) is 0 Å². The summed E-state index contributed by atoms with van der Waals surface area (Å²) in [6, 6.07) is 6.42. The smallest absolute Gasteiger partial charge is 0.305 e. The maximum atomic E-state index is 11.8. The summed E-state index contributed by atoms with van der Waals surface area (Å²) in [6.07, 6.45) is 2.34. The molecule has 3 rings (SSSR count). The van der Waals surface area contributed by atoms with Gasteiger partial charge < -0.3 is 4.98 Å². The van der Waals surface area contributed by atoms with E-state index in [-0.39, 0.29) is 10.6 Å². The first-order valence-corrected chi connectivity index (χ1v) is 8.54. The lowest BCUT2D eigenvalue weighted by Gasteiger charge is -2.29. The third-order valence-electron chi connectivity index (χ3n) is 4.31. The predicted molar refractivity (Wildman–Crippen MR) is 90.7 cm³/mol. The molecule has 1 aliphatic rings. The normalized spacial score (nSPS) is 16.6. The van der Waals surface area contributed by atoms with Crippen LogP contribution in [-0.2, 0) is 6.54 Å². The van der Waals surface area contributed by atoms with E-state index in [4.69, 9.17) is 0 Å². The Morgan fingerprint density at radius 1 is 1.39 bits per heavy atom. The van der Waals surface area contributed by atoms with Crippen LogP contribution in [0.4, 0.5) is 5.69 Å². The van der Waals surface area contributed by atoms with Crippen LogP contribution in [-0.4, -0.2) is 27.9 Å². The van der Waals surface area contributed by atoms with Crippen molar-refractivity contribution in [3.05, 3.63) is 48.9 Å². The molecule has 1 aromatic carbocycles. The molecule has 1 saturated heterocycles. The highest BCUT2D eigenvalue weighted by molar-refractivity contribution is 7.09. The molecule has 7 heteroatoms. The predicted octanol–water partition coefficient (Wildman–Crippen LogP) is 3.24. The summed E-state index contributed by atoms with van der Waals surface area (Å²) in [5, 5.41) is 11.0. The number of nitrogens with zero attached hydrogens (tertiary/aromatic N) is 2. The van der Waals surface area contributed by atoms with Crippen LogP contribution in [0.3, 0.4) is 0 Å². The number of likely N-dealkylation sites (tertiary alicyclic amines) is 1. The monoisotopic (exact) mass is 333 g/mol. The molecule has 0 radical (unpaired) electrons. The molecule has 0 bridgehead atoms. The minimum Gasteiger partial charge on any atom is -0.312 e. The van der Waals surface area contributed by atoms with Crippen molar-refractivity contribution in [2.75, 3.05) is 13.1 Å². The molecule has 1 N–H and O–H groups in total. The molecule has 2 heterocycles. The lowest BCUT2D eigenvalue weighted by molar-refractivity contribution is -0.384. The topological polar surface area (TPSA) is 79.2 Å². The van der Waals surface area contributed by atoms with Gasteiger partial charge in [0.2, 0.25) is 0 Å². The summed E-state index contributed by atoms with van der Waals surface area (Å²) < 4.78 is 0. The fourth-order valence-electron chi connectivity index (χ4n) is 2.90. The van der Waals surface area contributed by atoms with E-state index in [0.717, 1.165) is 23.9 Å². The Bertz CT molecular complexity index is 760. The molecule has 23 heavy (non-hydrogen) atoms. The Morgan fingerprint density at radius 3 is 2.83 bits per heavy atom. The van der Waals surface area contributed by atoms with Gasteiger partial charge in [-0.25, -0.2) is 0 Å². The van der Waals surface area contributed by atoms with Gasteiger partial charge in [0.1, 0.15) is 0 Å². The molecule has 0 unspecified atom stereocenters. The van der Waals surface area contributed by atoms with Gasteiger partial charge in [-0.3, -0.25) is 19.8 Å². The Balaban J connectivity index is 1.87. The van der Waals surface area contributed by atoms with Crippen LogP contribution >= 0.6 is 11.3 Å². The molecule has 0 aliphatic carbocycles. The number of piperidine rings is 1. The number of hydrogen-bond donors (Lipinski definition) is 1. The Morgan fingerprint density at radius 2 is 2.13 bits per heavy atom. The number of H-pyrrole nitrogens is 1. The summed E-state index contributed by atoms with van der Waals surface area (Å²) in [5.74, 6) is 0.757. The molecular weight excluding hydrogens is 314 g/mol. The summed E-state index contributed by atoms with van der Waals surface area (Å²) in [5.41, 5.74) is 1.44. The van der Waals surface area contributed by atoms with Gasteiger partial charge in [0.05, 0.1) is 10.6 Å². The fourth-order valence-corrected chi connectivity index (χ4v) is 3.80. The highest BCUT2D eigenvalue weighted by atomic mass is 32.1. The molecule has 0 atom stereocenters. The summed E-state index contributed by atoms with van der Waals surface area (Å²) in [4.78, 5) is 28.4. The average Bonchev–Trinajstić information content (AvgIpc) is 2.90. The second-order valence-corrected chi connectivity index (χ2v) is 7.15. The number of nitro groups is 1. The van der Waals surface area contributed by atoms with Gasteiger partial charge in [0, 0.05) is 29.1 Å². The van der Waals surface area contributed by atoms with Crippen LogP contribution in [0.1, 0.15) is 24.6 Å².